The summed E-state index contributed by atoms with van der Waals surface area (Å²) in [6.45, 7) is 5.41. The Morgan fingerprint density at radius 1 is 1.03 bits per heavy atom. The standard InChI is InChI=1S/C23H25N3O3S2/c1-16(2)17-5-7-18(8-6-17)21-15-30-23(24-21)25-22(27)19-9-11-20(12-10-19)31(28,29)26-13-3-4-14-26/h5-12,15-16H,3-4,13-14H2,1-2H3,(H,24,25,27). The third-order valence-electron chi connectivity index (χ3n) is 5.42. The number of hydrogen-bond acceptors (Lipinski definition) is 5. The predicted molar refractivity (Wildman–Crippen MR) is 124 cm³/mol. The molecule has 2 aromatic carbocycles. The molecule has 2 heterocycles. The molecule has 31 heavy (non-hydrogen) atoms. The van der Waals surface area contributed by atoms with E-state index in [0.29, 0.717) is 29.7 Å². The number of hydrogen-bond donors (Lipinski definition) is 1. The molecule has 8 heteroatoms. The molecule has 1 aromatic heterocycles. The largest absolute Gasteiger partial charge is 0.298 e. The van der Waals surface area contributed by atoms with E-state index in [-0.39, 0.29) is 10.8 Å². The summed E-state index contributed by atoms with van der Waals surface area (Å²) in [6, 6.07) is 14.3. The van der Waals surface area contributed by atoms with Crippen molar-refractivity contribution in [1.29, 1.82) is 0 Å². The van der Waals surface area contributed by atoms with Crippen LogP contribution in [-0.2, 0) is 10.0 Å². The number of rotatable bonds is 6. The summed E-state index contributed by atoms with van der Waals surface area (Å²) in [5.41, 5.74) is 3.46. The van der Waals surface area contributed by atoms with Crippen LogP contribution < -0.4 is 5.32 Å². The van der Waals surface area contributed by atoms with Gasteiger partial charge < -0.3 is 0 Å². The van der Waals surface area contributed by atoms with Crippen molar-refractivity contribution >= 4 is 32.4 Å². The number of thiazole rings is 1. The molecule has 4 rings (SSSR count). The Labute approximate surface area is 187 Å². The maximum Gasteiger partial charge on any atom is 0.257 e. The van der Waals surface area contributed by atoms with Crippen molar-refractivity contribution in [2.75, 3.05) is 18.4 Å². The summed E-state index contributed by atoms with van der Waals surface area (Å²) in [7, 11) is -3.48. The molecular weight excluding hydrogens is 430 g/mol. The molecule has 6 nitrogen and oxygen atoms in total. The second-order valence-corrected chi connectivity index (χ2v) is 10.7. The maximum atomic E-state index is 12.6. The third-order valence-corrected chi connectivity index (χ3v) is 8.09. The van der Waals surface area contributed by atoms with Gasteiger partial charge in [0.15, 0.2) is 5.13 Å². The Bertz CT molecular complexity index is 1160. The highest BCUT2D eigenvalue weighted by atomic mass is 32.2. The van der Waals surface area contributed by atoms with Gasteiger partial charge >= 0.3 is 0 Å². The van der Waals surface area contributed by atoms with Crippen LogP contribution in [0.2, 0.25) is 0 Å². The molecular formula is C23H25N3O3S2. The monoisotopic (exact) mass is 455 g/mol. The Morgan fingerprint density at radius 3 is 2.29 bits per heavy atom. The van der Waals surface area contributed by atoms with E-state index < -0.39 is 10.0 Å². The first-order valence-electron chi connectivity index (χ1n) is 10.3. The van der Waals surface area contributed by atoms with Crippen molar-refractivity contribution in [2.24, 2.45) is 0 Å². The Hall–Kier alpha value is -2.55. The highest BCUT2D eigenvalue weighted by Gasteiger charge is 2.27. The molecule has 0 atom stereocenters. The van der Waals surface area contributed by atoms with Crippen LogP contribution in [0.15, 0.2) is 58.8 Å². The number of nitrogens with one attached hydrogen (secondary N) is 1. The van der Waals surface area contributed by atoms with E-state index in [9.17, 15) is 13.2 Å². The molecule has 3 aromatic rings. The molecule has 1 saturated heterocycles. The summed E-state index contributed by atoms with van der Waals surface area (Å²) in [5, 5.41) is 5.21. The van der Waals surface area contributed by atoms with Crippen molar-refractivity contribution < 1.29 is 13.2 Å². The maximum absolute atomic E-state index is 12.6. The SMILES string of the molecule is CC(C)c1ccc(-c2csc(NC(=O)c3ccc(S(=O)(=O)N4CCCC4)cc3)n2)cc1. The van der Waals surface area contributed by atoms with E-state index >= 15 is 0 Å². The van der Waals surface area contributed by atoms with Crippen LogP contribution in [0.3, 0.4) is 0 Å². The normalized spacial score (nSPS) is 14.8. The van der Waals surface area contributed by atoms with Gasteiger partial charge in [0.1, 0.15) is 0 Å². The number of benzene rings is 2. The van der Waals surface area contributed by atoms with Gasteiger partial charge in [-0.3, -0.25) is 10.1 Å². The smallest absolute Gasteiger partial charge is 0.257 e. The lowest BCUT2D eigenvalue weighted by Gasteiger charge is -2.15. The Kier molecular flexibility index (Phi) is 6.22. The van der Waals surface area contributed by atoms with E-state index in [2.05, 4.69) is 36.3 Å². The lowest BCUT2D eigenvalue weighted by atomic mass is 10.0. The van der Waals surface area contributed by atoms with E-state index in [1.165, 1.54) is 45.5 Å². The Morgan fingerprint density at radius 2 is 1.68 bits per heavy atom. The van der Waals surface area contributed by atoms with E-state index in [1.807, 2.05) is 17.5 Å². The highest BCUT2D eigenvalue weighted by Crippen LogP contribution is 2.27. The Balaban J connectivity index is 1.44. The number of nitrogens with zero attached hydrogens (tertiary/aromatic N) is 2. The van der Waals surface area contributed by atoms with Gasteiger partial charge in [-0.2, -0.15) is 4.31 Å². The number of carbonyl (C=O) groups is 1. The van der Waals surface area contributed by atoms with Crippen molar-refractivity contribution in [2.45, 2.75) is 37.5 Å². The predicted octanol–water partition coefficient (Wildman–Crippen LogP) is 4.97. The zero-order valence-electron chi connectivity index (χ0n) is 17.5. The molecule has 1 amide bonds. The lowest BCUT2D eigenvalue weighted by Crippen LogP contribution is -2.27. The second-order valence-electron chi connectivity index (χ2n) is 7.90. The minimum Gasteiger partial charge on any atom is -0.298 e. The van der Waals surface area contributed by atoms with Gasteiger partial charge in [-0.1, -0.05) is 38.1 Å². The number of aromatic nitrogens is 1. The van der Waals surface area contributed by atoms with E-state index in [1.54, 1.807) is 0 Å². The van der Waals surface area contributed by atoms with Crippen LogP contribution in [0.4, 0.5) is 5.13 Å². The van der Waals surface area contributed by atoms with Gasteiger partial charge in [0.2, 0.25) is 10.0 Å². The molecule has 0 unspecified atom stereocenters. The van der Waals surface area contributed by atoms with Crippen LogP contribution in [0.5, 0.6) is 0 Å². The summed E-state index contributed by atoms with van der Waals surface area (Å²) >= 11 is 1.36. The molecule has 0 aliphatic carbocycles. The molecule has 1 aliphatic heterocycles. The van der Waals surface area contributed by atoms with Crippen molar-refractivity contribution in [1.82, 2.24) is 9.29 Å². The molecule has 0 bridgehead atoms. The molecule has 0 saturated carbocycles. The summed E-state index contributed by atoms with van der Waals surface area (Å²) in [4.78, 5) is 17.3. The van der Waals surface area contributed by atoms with Gasteiger partial charge in [0.25, 0.3) is 5.91 Å². The van der Waals surface area contributed by atoms with Crippen molar-refractivity contribution in [3.05, 3.63) is 65.0 Å². The number of carbonyl (C=O) groups excluding carboxylic acids is 1. The van der Waals surface area contributed by atoms with Crippen LogP contribution >= 0.6 is 11.3 Å². The fraction of sp³-hybridized carbons (Fsp3) is 0.304. The van der Waals surface area contributed by atoms with Crippen LogP contribution in [-0.4, -0.2) is 36.7 Å². The lowest BCUT2D eigenvalue weighted by molar-refractivity contribution is 0.102. The number of anilines is 1. The van der Waals surface area contributed by atoms with Gasteiger partial charge in [-0.15, -0.1) is 11.3 Å². The quantitative estimate of drug-likeness (QED) is 0.569. The first kappa shape index (κ1) is 21.7. The van der Waals surface area contributed by atoms with Gasteiger partial charge in [0, 0.05) is 29.6 Å². The fourth-order valence-corrected chi connectivity index (χ4v) is 5.76. The summed E-state index contributed by atoms with van der Waals surface area (Å²) in [6.07, 6.45) is 1.77. The number of amides is 1. The molecule has 1 fully saturated rings. The molecule has 1 aliphatic rings. The topological polar surface area (TPSA) is 79.4 Å². The van der Waals surface area contributed by atoms with Crippen LogP contribution in [0.1, 0.15) is 48.5 Å². The van der Waals surface area contributed by atoms with E-state index in [0.717, 1.165) is 24.1 Å². The van der Waals surface area contributed by atoms with Crippen LogP contribution in [0.25, 0.3) is 11.3 Å². The van der Waals surface area contributed by atoms with Crippen molar-refractivity contribution in [3.8, 4) is 11.3 Å². The fourth-order valence-electron chi connectivity index (χ4n) is 3.53. The summed E-state index contributed by atoms with van der Waals surface area (Å²) < 4.78 is 26.7. The zero-order chi connectivity index (χ0) is 22.0. The van der Waals surface area contributed by atoms with Gasteiger partial charge in [-0.25, -0.2) is 13.4 Å². The average Bonchev–Trinajstić information content (AvgIpc) is 3.47. The van der Waals surface area contributed by atoms with Crippen molar-refractivity contribution in [3.63, 3.8) is 0 Å². The molecule has 162 valence electrons. The second kappa shape index (κ2) is 8.90. The first-order chi connectivity index (χ1) is 14.8. The van der Waals surface area contributed by atoms with Crippen LogP contribution in [0, 0.1) is 0 Å². The van der Waals surface area contributed by atoms with E-state index in [4.69, 9.17) is 0 Å². The molecule has 0 radical (unpaired) electrons. The molecule has 1 N–H and O–H groups in total. The average molecular weight is 456 g/mol. The highest BCUT2D eigenvalue weighted by molar-refractivity contribution is 7.89. The van der Waals surface area contributed by atoms with Gasteiger partial charge in [-0.05, 0) is 48.6 Å². The summed E-state index contributed by atoms with van der Waals surface area (Å²) in [5.74, 6) is 0.150. The zero-order valence-corrected chi connectivity index (χ0v) is 19.2. The minimum absolute atomic E-state index is 0.215. The minimum atomic E-state index is -3.48. The molecule has 0 spiro atoms. The third kappa shape index (κ3) is 4.71. The first-order valence-corrected chi connectivity index (χ1v) is 12.6. The van der Waals surface area contributed by atoms with Gasteiger partial charge in [0.05, 0.1) is 10.6 Å². The number of sulfonamides is 1.